The second-order valence-electron chi connectivity index (χ2n) is 31.0. The van der Waals surface area contributed by atoms with E-state index < -0.39 is 260 Å². The highest BCUT2D eigenvalue weighted by Gasteiger charge is 2.43. The van der Waals surface area contributed by atoms with E-state index in [0.29, 0.717) is 16.5 Å². The van der Waals surface area contributed by atoms with Crippen molar-refractivity contribution < 1.29 is 112 Å². The summed E-state index contributed by atoms with van der Waals surface area (Å²) >= 11 is 0. The van der Waals surface area contributed by atoms with Crippen molar-refractivity contribution in [3.63, 3.8) is 0 Å². The number of likely N-dealkylation sites (tertiary alicyclic amines) is 1. The third kappa shape index (κ3) is 34.4. The Kier molecular flexibility index (Phi) is 42.3. The van der Waals surface area contributed by atoms with Crippen molar-refractivity contribution in [1.29, 1.82) is 0 Å². The lowest BCUT2D eigenvalue weighted by Gasteiger charge is -2.31. The van der Waals surface area contributed by atoms with Crippen LogP contribution in [0.5, 0.6) is 0 Å². The number of hydrogen-bond donors (Lipinski definition) is 24. The SMILES string of the molecule is CC(C)C[C@H](NC(=O)[C@H](Cc1c[nH]c2ccccc12)NC(=O)[C@H](CCC(N)=O)NC(=O)[C@@H]1CCCN1C(=O)[C@H](CC(C)C)NC(=O)[C@H](CCC(=O)O)NC(=O)[C@H](CO)NC(=O)[C@@H](NC(=O)[C@@H](N)CC(C)C)[C@@H](C)O)C(=O)N[C@@H](CO)C(=O)N[C@@H](C)C(=O)N[C@@H](CC(N)=O)C(=O)N[C@@H](CCCN=C(N)N)C(=O)N[C@@H](C)C(=O)N[C@H](C(=O)O)C(C)C. The van der Waals surface area contributed by atoms with Crippen LogP contribution in [0, 0.1) is 23.7 Å². The Morgan fingerprint density at radius 3 is 1.46 bits per heavy atom. The van der Waals surface area contributed by atoms with Crippen LogP contribution in [0.15, 0.2) is 35.5 Å². The largest absolute Gasteiger partial charge is 0.481 e. The molecule has 29 N–H and O–H groups in total. The number of hydrogen-bond acceptors (Lipinski definition) is 23. The maximum atomic E-state index is 14.9. The second-order valence-corrected chi connectivity index (χ2v) is 31.0. The number of nitrogens with one attached hydrogen (secondary N) is 14. The molecule has 1 aliphatic rings. The second kappa shape index (κ2) is 49.5. The van der Waals surface area contributed by atoms with E-state index in [9.17, 15) is 112 Å². The van der Waals surface area contributed by atoms with E-state index >= 15 is 0 Å². The molecule has 0 spiro atoms. The first-order valence-corrected chi connectivity index (χ1v) is 39.2. The van der Waals surface area contributed by atoms with Crippen LogP contribution < -0.4 is 97.8 Å². The van der Waals surface area contributed by atoms with E-state index in [1.165, 1.54) is 6.92 Å². The first-order chi connectivity index (χ1) is 55.7. The number of fused-ring (bicyclic) bond motifs is 1. The number of carbonyl (C=O) groups excluding carboxylic acids is 16. The monoisotopic (exact) mass is 1680 g/mol. The zero-order valence-corrected chi connectivity index (χ0v) is 68.8. The summed E-state index contributed by atoms with van der Waals surface area (Å²) in [5, 5.41) is 82.3. The van der Waals surface area contributed by atoms with Gasteiger partial charge in [0.2, 0.25) is 94.5 Å². The van der Waals surface area contributed by atoms with Crippen LogP contribution in [0.25, 0.3) is 10.9 Å². The van der Waals surface area contributed by atoms with Crippen molar-refractivity contribution in [2.75, 3.05) is 26.3 Å². The number of guanidine groups is 1. The minimum absolute atomic E-state index is 0.0279. The normalized spacial score (nSPS) is 16.4. The first kappa shape index (κ1) is 102. The predicted octanol–water partition coefficient (Wildman–Crippen LogP) is -7.33. The number of aliphatic carboxylic acids is 2. The van der Waals surface area contributed by atoms with Gasteiger partial charge >= 0.3 is 11.9 Å². The number of carbonyl (C=O) groups is 18. The van der Waals surface area contributed by atoms with Gasteiger partial charge in [0, 0.05) is 49.5 Å². The number of primary amides is 2. The summed E-state index contributed by atoms with van der Waals surface area (Å²) in [6, 6.07) is -16.9. The number of benzene rings is 1. The van der Waals surface area contributed by atoms with Gasteiger partial charge in [-0.2, -0.15) is 0 Å². The zero-order chi connectivity index (χ0) is 90.0. The van der Waals surface area contributed by atoms with Crippen molar-refractivity contribution in [3.8, 4) is 0 Å². The van der Waals surface area contributed by atoms with Crippen molar-refractivity contribution in [2.45, 2.75) is 256 Å². The molecular formula is C75H121N21O23. The first-order valence-electron chi connectivity index (χ1n) is 39.2. The number of carboxylic acid groups (broad SMARTS) is 2. The van der Waals surface area contributed by atoms with Crippen LogP contribution in [0.3, 0.4) is 0 Å². The lowest BCUT2D eigenvalue weighted by Crippen LogP contribution is -2.62. The van der Waals surface area contributed by atoms with Crippen LogP contribution in [0.2, 0.25) is 0 Å². The lowest BCUT2D eigenvalue weighted by molar-refractivity contribution is -0.143. The Balaban J connectivity index is 1.93. The van der Waals surface area contributed by atoms with Gasteiger partial charge in [-0.05, 0) is 114 Å². The molecule has 1 aromatic heterocycles. The quantitative estimate of drug-likeness (QED) is 0.0166. The molecule has 664 valence electrons. The van der Waals surface area contributed by atoms with Gasteiger partial charge in [-0.1, -0.05) is 73.6 Å². The fourth-order valence-corrected chi connectivity index (χ4v) is 12.6. The van der Waals surface area contributed by atoms with Crippen LogP contribution >= 0.6 is 0 Å². The molecule has 16 atom stereocenters. The van der Waals surface area contributed by atoms with Gasteiger partial charge in [0.25, 0.3) is 0 Å². The minimum Gasteiger partial charge on any atom is -0.481 e. The molecule has 2 heterocycles. The Hall–Kier alpha value is -11.7. The van der Waals surface area contributed by atoms with Crippen molar-refractivity contribution >= 4 is 123 Å². The van der Waals surface area contributed by atoms with Crippen molar-refractivity contribution in [1.82, 2.24) is 79.0 Å². The van der Waals surface area contributed by atoms with Crippen LogP contribution in [-0.4, -0.2) is 271 Å². The molecule has 44 heteroatoms. The molecule has 1 aliphatic heterocycles. The summed E-state index contributed by atoms with van der Waals surface area (Å²) in [7, 11) is 0. The Morgan fingerprint density at radius 1 is 0.487 bits per heavy atom. The van der Waals surface area contributed by atoms with Crippen LogP contribution in [0.1, 0.15) is 159 Å². The lowest BCUT2D eigenvalue weighted by atomic mass is 10.00. The number of nitrogens with two attached hydrogens (primary N) is 5. The highest BCUT2D eigenvalue weighted by molar-refractivity contribution is 6.02. The third-order valence-electron chi connectivity index (χ3n) is 18.9. The highest BCUT2D eigenvalue weighted by atomic mass is 16.4. The van der Waals surface area contributed by atoms with E-state index in [1.807, 2.05) is 0 Å². The molecule has 44 nitrogen and oxygen atoms in total. The number of aliphatic hydroxyl groups excluding tert-OH is 3. The number of H-pyrrole nitrogens is 1. The molecule has 1 aromatic carbocycles. The summed E-state index contributed by atoms with van der Waals surface area (Å²) in [5.41, 5.74) is 28.9. The number of amides is 16. The summed E-state index contributed by atoms with van der Waals surface area (Å²) in [5.74, 6) is -21.1. The molecule has 0 aliphatic carbocycles. The average Bonchev–Trinajstić information content (AvgIpc) is 1.70. The summed E-state index contributed by atoms with van der Waals surface area (Å²) in [4.78, 5) is 253. The van der Waals surface area contributed by atoms with E-state index in [4.69, 9.17) is 28.7 Å². The maximum absolute atomic E-state index is 14.9. The number of carboxylic acids is 2. The highest BCUT2D eigenvalue weighted by Crippen LogP contribution is 2.24. The van der Waals surface area contributed by atoms with Gasteiger partial charge < -0.3 is 133 Å². The molecule has 2 aromatic rings. The Bertz CT molecular complexity index is 3920. The zero-order valence-electron chi connectivity index (χ0n) is 68.8. The van der Waals surface area contributed by atoms with Crippen LogP contribution in [0.4, 0.5) is 0 Å². The topological polar surface area (TPSA) is 726 Å². The van der Waals surface area contributed by atoms with Gasteiger partial charge in [-0.3, -0.25) is 86.5 Å². The fourth-order valence-electron chi connectivity index (χ4n) is 12.6. The van der Waals surface area contributed by atoms with Gasteiger partial charge in [-0.25, -0.2) is 4.79 Å². The molecule has 1 fully saturated rings. The van der Waals surface area contributed by atoms with Gasteiger partial charge in [0.05, 0.1) is 31.8 Å². The number of aromatic nitrogens is 1. The number of rotatable bonds is 52. The molecule has 16 amide bonds. The maximum Gasteiger partial charge on any atom is 0.326 e. The Labute approximate surface area is 687 Å². The van der Waals surface area contributed by atoms with E-state index in [-0.39, 0.29) is 82.3 Å². The predicted molar refractivity (Wildman–Crippen MR) is 427 cm³/mol. The smallest absolute Gasteiger partial charge is 0.326 e. The molecule has 0 bridgehead atoms. The van der Waals surface area contributed by atoms with E-state index in [1.54, 1.807) is 85.9 Å². The Morgan fingerprint density at radius 2 is 0.933 bits per heavy atom. The van der Waals surface area contributed by atoms with Crippen molar-refractivity contribution in [2.24, 2.45) is 57.3 Å². The minimum atomic E-state index is -1.88. The molecule has 3 rings (SSSR count). The summed E-state index contributed by atoms with van der Waals surface area (Å²) in [6.45, 7) is 14.5. The molecule has 0 unspecified atom stereocenters. The number of aliphatic hydroxyl groups is 3. The van der Waals surface area contributed by atoms with E-state index in [0.717, 1.165) is 18.7 Å². The summed E-state index contributed by atoms with van der Waals surface area (Å²) in [6.07, 6.45) is -3.65. The molecule has 0 saturated carbocycles. The van der Waals surface area contributed by atoms with Crippen molar-refractivity contribution in [3.05, 3.63) is 36.0 Å². The number of nitrogens with zero attached hydrogens (tertiary/aromatic N) is 2. The molecule has 119 heavy (non-hydrogen) atoms. The average molecular weight is 1680 g/mol. The summed E-state index contributed by atoms with van der Waals surface area (Å²) < 4.78 is 0. The fraction of sp³-hybridized carbons (Fsp3) is 0.640. The van der Waals surface area contributed by atoms with Crippen LogP contribution in [-0.2, 0) is 92.7 Å². The van der Waals surface area contributed by atoms with Gasteiger partial charge in [-0.15, -0.1) is 0 Å². The third-order valence-corrected chi connectivity index (χ3v) is 18.9. The van der Waals surface area contributed by atoms with Gasteiger partial charge in [0.15, 0.2) is 5.96 Å². The molecule has 1 saturated heterocycles. The van der Waals surface area contributed by atoms with E-state index in [2.05, 4.69) is 79.1 Å². The number of aromatic amines is 1. The number of para-hydroxylation sites is 1. The molecular weight excluding hydrogens is 1560 g/mol. The standard InChI is InChI=1S/C75H121N21O23/c1-34(2)26-43(76)62(106)95-59(40(11)99)72(116)93-53(33-98)70(114)86-47(21-23-57(102)103)65(109)91-51(28-36(5)6)73(117)96-25-15-19-54(96)71(115)87-46(20-22-55(77)100)64(108)90-49(29-41-31-82-44-17-13-12-16-42(41)44)67(111)89-48(27-35(3)4)66(110)92-52(32-97)69(113)84-38(9)60(104)88-50(30-56(78)101)68(112)85-45(18-14-24-81-75(79)80)63(107)83-39(10)61(105)94-58(37(7)8)74(118)119/h12-13,16-17,31,34-40,43,45-54,58-59,82,97-99H,14-15,18-30,32-33,76H2,1-11H3,(H2,77,100)(H2,78,101)(H,83,107)(H,84,113)(H,85,112)(H,86,114)(H,87,115)(H,88,104)(H,89,111)(H,90,108)(H,91,109)(H,92,110)(H,93,116)(H,94,105)(H,95,106)(H,102,103)(H,118,119)(H4,79,80,81)/t38-,39-,40+,43-,45-,46-,47-,48-,49-,50-,51-,52-,53-,54-,58-,59-/m0/s1. The number of aliphatic imine (C=N–C) groups is 1. The van der Waals surface area contributed by atoms with Gasteiger partial charge in [0.1, 0.15) is 84.6 Å². The molecule has 0 radical (unpaired) electrons.